The average Bonchev–Trinajstić information content (AvgIpc) is 2.89. The second-order valence-electron chi connectivity index (χ2n) is 5.29. The van der Waals surface area contributed by atoms with Gasteiger partial charge in [-0.05, 0) is 12.1 Å². The van der Waals surface area contributed by atoms with Gasteiger partial charge < -0.3 is 9.64 Å². The highest BCUT2D eigenvalue weighted by Crippen LogP contribution is 2.24. The summed E-state index contributed by atoms with van der Waals surface area (Å²) in [5.41, 5.74) is 0.629. The summed E-state index contributed by atoms with van der Waals surface area (Å²) in [6, 6.07) is 9.15. The molecule has 1 N–H and O–H groups in total. The van der Waals surface area contributed by atoms with Gasteiger partial charge in [0.1, 0.15) is 6.54 Å². The van der Waals surface area contributed by atoms with Crippen molar-refractivity contribution < 1.29 is 9.53 Å². The summed E-state index contributed by atoms with van der Waals surface area (Å²) < 4.78 is 5.09. The minimum absolute atomic E-state index is 0.0100. The smallest absolute Gasteiger partial charge is 0.322 e. The number of carbonyl (C=O) groups is 1. The number of para-hydroxylation sites is 1. The van der Waals surface area contributed by atoms with Crippen molar-refractivity contribution in [1.82, 2.24) is 15.0 Å². The Morgan fingerprint density at radius 2 is 1.88 bits per heavy atom. The normalized spacial score (nSPS) is 14.3. The monoisotopic (exact) mass is 327 g/mol. The van der Waals surface area contributed by atoms with Crippen molar-refractivity contribution in [1.29, 1.82) is 5.41 Å². The molecule has 1 aliphatic rings. The summed E-state index contributed by atoms with van der Waals surface area (Å²) in [6.07, 6.45) is 0. The molecule has 9 nitrogen and oxygen atoms in total. The predicted molar refractivity (Wildman–Crippen MR) is 89.7 cm³/mol. The van der Waals surface area contributed by atoms with Crippen LogP contribution in [0.15, 0.2) is 30.3 Å². The van der Waals surface area contributed by atoms with Gasteiger partial charge in [-0.25, -0.2) is 4.90 Å². The maximum atomic E-state index is 12.4. The predicted octanol–water partition coefficient (Wildman–Crippen LogP) is 0.734. The van der Waals surface area contributed by atoms with Gasteiger partial charge in [-0.3, -0.25) is 15.1 Å². The first-order valence-electron chi connectivity index (χ1n) is 7.22. The van der Waals surface area contributed by atoms with E-state index in [0.717, 1.165) is 0 Å². The van der Waals surface area contributed by atoms with Crippen molar-refractivity contribution in [3.8, 4) is 6.01 Å². The summed E-state index contributed by atoms with van der Waals surface area (Å²) in [7, 11) is 5.03. The Labute approximate surface area is 139 Å². The van der Waals surface area contributed by atoms with Gasteiger partial charge in [-0.2, -0.15) is 15.0 Å². The van der Waals surface area contributed by atoms with E-state index in [1.165, 1.54) is 16.9 Å². The van der Waals surface area contributed by atoms with Crippen LogP contribution in [0.2, 0.25) is 0 Å². The van der Waals surface area contributed by atoms with E-state index in [1.807, 2.05) is 18.2 Å². The van der Waals surface area contributed by atoms with Crippen LogP contribution >= 0.6 is 0 Å². The van der Waals surface area contributed by atoms with Crippen LogP contribution in [-0.4, -0.2) is 54.6 Å². The molecule has 9 heteroatoms. The maximum absolute atomic E-state index is 12.4. The van der Waals surface area contributed by atoms with Gasteiger partial charge in [0.15, 0.2) is 0 Å². The van der Waals surface area contributed by atoms with Gasteiger partial charge in [0.05, 0.1) is 12.8 Å². The summed E-state index contributed by atoms with van der Waals surface area (Å²) >= 11 is 0. The van der Waals surface area contributed by atoms with E-state index in [0.29, 0.717) is 11.6 Å². The number of hydrogen-bond acceptors (Lipinski definition) is 7. The van der Waals surface area contributed by atoms with Crippen LogP contribution < -0.4 is 19.4 Å². The van der Waals surface area contributed by atoms with E-state index in [4.69, 9.17) is 10.1 Å². The van der Waals surface area contributed by atoms with E-state index >= 15 is 0 Å². The van der Waals surface area contributed by atoms with Gasteiger partial charge in [0.25, 0.3) is 5.91 Å². The lowest BCUT2D eigenvalue weighted by atomic mass is 10.3. The third kappa shape index (κ3) is 2.71. The fourth-order valence-electron chi connectivity index (χ4n) is 2.28. The summed E-state index contributed by atoms with van der Waals surface area (Å²) in [5, 5.41) is 8.35. The fraction of sp³-hybridized carbons (Fsp3) is 0.267. The molecule has 1 aliphatic heterocycles. The van der Waals surface area contributed by atoms with Gasteiger partial charge in [-0.15, -0.1) is 0 Å². The number of nitrogens with zero attached hydrogens (tertiary/aromatic N) is 6. The number of methoxy groups -OCH3 is 1. The lowest BCUT2D eigenvalue weighted by Gasteiger charge is -2.20. The molecule has 1 amide bonds. The number of carbonyl (C=O) groups excluding carboxylic acids is 1. The number of aromatic nitrogens is 3. The number of amides is 1. The van der Waals surface area contributed by atoms with Crippen LogP contribution in [0.1, 0.15) is 0 Å². The number of rotatable bonds is 4. The largest absolute Gasteiger partial charge is 0.467 e. The highest BCUT2D eigenvalue weighted by Gasteiger charge is 2.37. The minimum Gasteiger partial charge on any atom is -0.467 e. The molecular weight excluding hydrogens is 310 g/mol. The zero-order valence-corrected chi connectivity index (χ0v) is 13.6. The van der Waals surface area contributed by atoms with E-state index in [2.05, 4.69) is 15.0 Å². The summed E-state index contributed by atoms with van der Waals surface area (Å²) in [5.74, 6) is 0.346. The lowest BCUT2D eigenvalue weighted by Crippen LogP contribution is -2.34. The molecule has 1 aromatic carbocycles. The molecule has 0 spiro atoms. The minimum atomic E-state index is -0.225. The third-order valence-electron chi connectivity index (χ3n) is 3.44. The molecule has 2 aromatic rings. The first-order valence-corrected chi connectivity index (χ1v) is 7.22. The molecule has 24 heavy (non-hydrogen) atoms. The Bertz CT molecular complexity index is 779. The summed E-state index contributed by atoms with van der Waals surface area (Å²) in [6.45, 7) is -0.0201. The van der Waals surface area contributed by atoms with Crippen LogP contribution in [0.4, 0.5) is 17.6 Å². The molecule has 1 aromatic heterocycles. The first kappa shape index (κ1) is 15.7. The van der Waals surface area contributed by atoms with Crippen LogP contribution in [-0.2, 0) is 4.79 Å². The standard InChI is InChI=1S/C15H17N7O2/c1-20(2)13-17-14(19-15(18-13)24-3)21-9-11(23)22(12(21)16)10-7-5-4-6-8-10/h4-8,16H,9H2,1-3H3. The molecule has 3 rings (SSSR count). The highest BCUT2D eigenvalue weighted by molar-refractivity contribution is 6.27. The number of guanidine groups is 1. The van der Waals surface area contributed by atoms with Gasteiger partial charge in [-0.1, -0.05) is 18.2 Å². The molecule has 0 bridgehead atoms. The van der Waals surface area contributed by atoms with Crippen molar-refractivity contribution in [2.75, 3.05) is 42.4 Å². The van der Waals surface area contributed by atoms with Gasteiger partial charge in [0.2, 0.25) is 17.9 Å². The number of benzene rings is 1. The molecule has 0 aliphatic carbocycles. The van der Waals surface area contributed by atoms with E-state index < -0.39 is 0 Å². The quantitative estimate of drug-likeness (QED) is 0.884. The number of anilines is 3. The summed E-state index contributed by atoms with van der Waals surface area (Å²) in [4.78, 5) is 29.4. The fourth-order valence-corrected chi connectivity index (χ4v) is 2.28. The Balaban J connectivity index is 1.98. The number of ether oxygens (including phenoxy) is 1. The second kappa shape index (κ2) is 6.11. The van der Waals surface area contributed by atoms with Crippen molar-refractivity contribution >= 4 is 29.5 Å². The van der Waals surface area contributed by atoms with Crippen molar-refractivity contribution in [3.63, 3.8) is 0 Å². The van der Waals surface area contributed by atoms with Crippen LogP contribution in [0.3, 0.4) is 0 Å². The second-order valence-corrected chi connectivity index (χ2v) is 5.29. The van der Waals surface area contributed by atoms with Crippen molar-refractivity contribution in [2.45, 2.75) is 0 Å². The van der Waals surface area contributed by atoms with Crippen LogP contribution in [0, 0.1) is 5.41 Å². The first-order chi connectivity index (χ1) is 11.5. The molecule has 0 atom stereocenters. The molecule has 1 fully saturated rings. The molecule has 2 heterocycles. The van der Waals surface area contributed by atoms with Crippen molar-refractivity contribution in [2.24, 2.45) is 0 Å². The zero-order valence-electron chi connectivity index (χ0n) is 13.6. The van der Waals surface area contributed by atoms with Gasteiger partial charge >= 0.3 is 6.01 Å². The number of hydrogen-bond donors (Lipinski definition) is 1. The van der Waals surface area contributed by atoms with E-state index in [-0.39, 0.29) is 30.4 Å². The molecule has 0 radical (unpaired) electrons. The Hall–Kier alpha value is -3.23. The van der Waals surface area contributed by atoms with Crippen LogP contribution in [0.25, 0.3) is 0 Å². The Morgan fingerprint density at radius 1 is 1.17 bits per heavy atom. The molecule has 1 saturated heterocycles. The topological polar surface area (TPSA) is 98.5 Å². The van der Waals surface area contributed by atoms with Crippen molar-refractivity contribution in [3.05, 3.63) is 30.3 Å². The maximum Gasteiger partial charge on any atom is 0.322 e. The highest BCUT2D eigenvalue weighted by atomic mass is 16.5. The lowest BCUT2D eigenvalue weighted by molar-refractivity contribution is -0.115. The van der Waals surface area contributed by atoms with E-state index in [9.17, 15) is 4.79 Å². The molecule has 0 unspecified atom stereocenters. The zero-order chi connectivity index (χ0) is 17.3. The van der Waals surface area contributed by atoms with Gasteiger partial charge in [0, 0.05) is 14.1 Å². The molecular formula is C15H17N7O2. The number of nitrogens with one attached hydrogen (secondary N) is 1. The van der Waals surface area contributed by atoms with E-state index in [1.54, 1.807) is 31.1 Å². The molecule has 124 valence electrons. The molecule has 0 saturated carbocycles. The SMILES string of the molecule is COc1nc(N(C)C)nc(N2CC(=O)N(c3ccccc3)C2=N)n1. The Morgan fingerprint density at radius 3 is 2.50 bits per heavy atom. The average molecular weight is 327 g/mol. The third-order valence-corrected chi connectivity index (χ3v) is 3.44. The Kier molecular flexibility index (Phi) is 3.98. The van der Waals surface area contributed by atoms with Crippen LogP contribution in [0.5, 0.6) is 6.01 Å².